The first-order valence-corrected chi connectivity index (χ1v) is 22.7. The fourth-order valence-corrected chi connectivity index (χ4v) is 10.9. The second kappa shape index (κ2) is 15.3. The van der Waals surface area contributed by atoms with Gasteiger partial charge < -0.3 is 4.57 Å². The molecular weight excluding hydrogens is 799 g/mol. The molecule has 0 spiro atoms. The molecule has 1 aliphatic rings. The SMILES string of the molecule is c1ccc(-c2nc(-c3cccc(-c4cc5ccccc5c5c4-c4ccccc4C5(c4ccccc4)c4ccccc4)c3)cc(-c3cccc(-n4c5ccccc5c5ccccc54)c3)n2)cc1. The van der Waals surface area contributed by atoms with E-state index in [-0.39, 0.29) is 0 Å². The minimum absolute atomic E-state index is 0.540. The zero-order valence-electron chi connectivity index (χ0n) is 36.0. The van der Waals surface area contributed by atoms with Gasteiger partial charge in [0.25, 0.3) is 0 Å². The highest BCUT2D eigenvalue weighted by molar-refractivity contribution is 6.10. The third-order valence-corrected chi connectivity index (χ3v) is 13.6. The molecular formula is C63H41N3. The average Bonchev–Trinajstić information content (AvgIpc) is 3.91. The Hall–Kier alpha value is -8.66. The predicted octanol–water partition coefficient (Wildman–Crippen LogP) is 15.8. The molecule has 0 aliphatic heterocycles. The summed E-state index contributed by atoms with van der Waals surface area (Å²) in [6.07, 6.45) is 0. The van der Waals surface area contributed by atoms with E-state index in [4.69, 9.17) is 9.97 Å². The van der Waals surface area contributed by atoms with Gasteiger partial charge in [-0.25, -0.2) is 9.97 Å². The molecule has 0 fully saturated rings. The summed E-state index contributed by atoms with van der Waals surface area (Å²) < 4.78 is 2.36. The molecule has 3 heteroatoms. The summed E-state index contributed by atoms with van der Waals surface area (Å²) in [6, 6.07) is 90.0. The first-order chi connectivity index (χ1) is 32.7. The molecule has 1 aliphatic carbocycles. The van der Waals surface area contributed by atoms with Crippen molar-refractivity contribution in [3.63, 3.8) is 0 Å². The van der Waals surface area contributed by atoms with Crippen LogP contribution in [0.1, 0.15) is 22.3 Å². The summed E-state index contributed by atoms with van der Waals surface area (Å²) >= 11 is 0. The molecule has 10 aromatic carbocycles. The average molecular weight is 840 g/mol. The van der Waals surface area contributed by atoms with Crippen molar-refractivity contribution in [1.82, 2.24) is 14.5 Å². The summed E-state index contributed by atoms with van der Waals surface area (Å²) in [4.78, 5) is 10.6. The highest BCUT2D eigenvalue weighted by atomic mass is 15.0. The molecule has 0 atom stereocenters. The van der Waals surface area contributed by atoms with Crippen LogP contribution in [0.2, 0.25) is 0 Å². The number of benzene rings is 10. The van der Waals surface area contributed by atoms with E-state index in [9.17, 15) is 0 Å². The number of rotatable bonds is 7. The van der Waals surface area contributed by atoms with Gasteiger partial charge in [-0.1, -0.05) is 206 Å². The van der Waals surface area contributed by atoms with Crippen LogP contribution in [0.3, 0.4) is 0 Å². The molecule has 13 rings (SSSR count). The van der Waals surface area contributed by atoms with Crippen LogP contribution in [0.5, 0.6) is 0 Å². The molecule has 3 nitrogen and oxygen atoms in total. The van der Waals surface area contributed by atoms with E-state index in [1.165, 1.54) is 71.5 Å². The third-order valence-electron chi connectivity index (χ3n) is 13.6. The van der Waals surface area contributed by atoms with Crippen LogP contribution >= 0.6 is 0 Å². The Morgan fingerprint density at radius 3 is 1.55 bits per heavy atom. The summed E-state index contributed by atoms with van der Waals surface area (Å²) in [5, 5.41) is 4.94. The van der Waals surface area contributed by atoms with Gasteiger partial charge in [-0.2, -0.15) is 0 Å². The second-order valence-corrected chi connectivity index (χ2v) is 17.3. The number of para-hydroxylation sites is 2. The Balaban J connectivity index is 1.02. The fraction of sp³-hybridized carbons (Fsp3) is 0.0159. The first kappa shape index (κ1) is 37.9. The summed E-state index contributed by atoms with van der Waals surface area (Å²) in [7, 11) is 0. The quantitative estimate of drug-likeness (QED) is 0.160. The van der Waals surface area contributed by atoms with Crippen molar-refractivity contribution in [2.24, 2.45) is 0 Å². The summed E-state index contributed by atoms with van der Waals surface area (Å²) in [5.41, 5.74) is 17.6. The molecule has 308 valence electrons. The number of fused-ring (bicyclic) bond motifs is 8. The molecule has 0 saturated carbocycles. The largest absolute Gasteiger partial charge is 0.309 e. The highest BCUT2D eigenvalue weighted by Crippen LogP contribution is 2.60. The number of nitrogens with zero attached hydrogens (tertiary/aromatic N) is 3. The van der Waals surface area contributed by atoms with Crippen LogP contribution in [0, 0.1) is 0 Å². The van der Waals surface area contributed by atoms with Crippen LogP contribution < -0.4 is 0 Å². The van der Waals surface area contributed by atoms with Crippen molar-refractivity contribution in [1.29, 1.82) is 0 Å². The van der Waals surface area contributed by atoms with Crippen molar-refractivity contribution >= 4 is 32.6 Å². The van der Waals surface area contributed by atoms with Gasteiger partial charge in [0.1, 0.15) is 0 Å². The van der Waals surface area contributed by atoms with Crippen molar-refractivity contribution in [3.8, 4) is 61.8 Å². The Kier molecular flexibility index (Phi) is 8.75. The van der Waals surface area contributed by atoms with Crippen LogP contribution in [0.4, 0.5) is 0 Å². The molecule has 2 heterocycles. The van der Waals surface area contributed by atoms with E-state index in [1.54, 1.807) is 0 Å². The molecule has 0 amide bonds. The Morgan fingerprint density at radius 2 is 0.864 bits per heavy atom. The van der Waals surface area contributed by atoms with Crippen molar-refractivity contribution < 1.29 is 0 Å². The standard InChI is InChI=1S/C63H41N3/c1-4-20-42(21-5-1)62-64-56(41-57(65-62)46-25-19-30-49(39-46)66-58-36-16-13-32-51(58)52-33-14-17-37-59(52)66)45-24-18-23-43(38-45)54-40-44-22-10-11-31-50(44)61-60(54)53-34-12-15-35-55(53)63(61,47-26-6-2-7-27-47)48-28-8-3-9-29-48/h1-41H. The van der Waals surface area contributed by atoms with Gasteiger partial charge in [-0.05, 0) is 97.7 Å². The van der Waals surface area contributed by atoms with Gasteiger partial charge in [0, 0.05) is 33.2 Å². The summed E-state index contributed by atoms with van der Waals surface area (Å²) in [6.45, 7) is 0. The molecule has 66 heavy (non-hydrogen) atoms. The normalized spacial score (nSPS) is 12.7. The zero-order valence-corrected chi connectivity index (χ0v) is 36.0. The maximum Gasteiger partial charge on any atom is 0.160 e. The van der Waals surface area contributed by atoms with Gasteiger partial charge >= 0.3 is 0 Å². The lowest BCUT2D eigenvalue weighted by molar-refractivity contribution is 0.775. The van der Waals surface area contributed by atoms with E-state index in [1.807, 2.05) is 6.07 Å². The van der Waals surface area contributed by atoms with E-state index in [2.05, 4.69) is 247 Å². The number of aromatic nitrogens is 3. The molecule has 0 unspecified atom stereocenters. The van der Waals surface area contributed by atoms with Gasteiger partial charge in [0.05, 0.1) is 27.8 Å². The maximum atomic E-state index is 5.33. The van der Waals surface area contributed by atoms with E-state index in [0.29, 0.717) is 5.82 Å². The molecule has 12 aromatic rings. The predicted molar refractivity (Wildman–Crippen MR) is 273 cm³/mol. The highest BCUT2D eigenvalue weighted by Gasteiger charge is 2.48. The van der Waals surface area contributed by atoms with Gasteiger partial charge in [0.15, 0.2) is 5.82 Å². The van der Waals surface area contributed by atoms with Gasteiger partial charge in [0.2, 0.25) is 0 Å². The van der Waals surface area contributed by atoms with Crippen LogP contribution in [0.25, 0.3) is 94.4 Å². The van der Waals surface area contributed by atoms with Crippen molar-refractivity contribution in [2.45, 2.75) is 5.41 Å². The van der Waals surface area contributed by atoms with Gasteiger partial charge in [-0.3, -0.25) is 0 Å². The lowest BCUT2D eigenvalue weighted by Crippen LogP contribution is -2.28. The lowest BCUT2D eigenvalue weighted by Gasteiger charge is -2.35. The second-order valence-electron chi connectivity index (χ2n) is 17.3. The topological polar surface area (TPSA) is 30.7 Å². The van der Waals surface area contributed by atoms with Crippen LogP contribution in [-0.4, -0.2) is 14.5 Å². The minimum atomic E-state index is -0.540. The van der Waals surface area contributed by atoms with Crippen LogP contribution in [-0.2, 0) is 5.41 Å². The third kappa shape index (κ3) is 5.84. The number of hydrogen-bond donors (Lipinski definition) is 0. The maximum absolute atomic E-state index is 5.33. The van der Waals surface area contributed by atoms with E-state index in [0.717, 1.165) is 39.3 Å². The molecule has 0 saturated heterocycles. The molecule has 2 aromatic heterocycles. The zero-order chi connectivity index (χ0) is 43.6. The molecule has 0 radical (unpaired) electrons. The Morgan fingerprint density at radius 1 is 0.348 bits per heavy atom. The smallest absolute Gasteiger partial charge is 0.160 e. The monoisotopic (exact) mass is 839 g/mol. The van der Waals surface area contributed by atoms with E-state index >= 15 is 0 Å². The van der Waals surface area contributed by atoms with Crippen molar-refractivity contribution in [2.75, 3.05) is 0 Å². The molecule has 0 N–H and O–H groups in total. The van der Waals surface area contributed by atoms with E-state index < -0.39 is 5.41 Å². The molecule has 0 bridgehead atoms. The fourth-order valence-electron chi connectivity index (χ4n) is 10.9. The lowest BCUT2D eigenvalue weighted by atomic mass is 9.66. The summed E-state index contributed by atoms with van der Waals surface area (Å²) in [5.74, 6) is 0.687. The Bertz CT molecular complexity index is 3720. The number of hydrogen-bond acceptors (Lipinski definition) is 2. The minimum Gasteiger partial charge on any atom is -0.309 e. The van der Waals surface area contributed by atoms with Crippen LogP contribution in [0.15, 0.2) is 249 Å². The first-order valence-electron chi connectivity index (χ1n) is 22.7. The van der Waals surface area contributed by atoms with Crippen molar-refractivity contribution in [3.05, 3.63) is 271 Å². The van der Waals surface area contributed by atoms with Gasteiger partial charge in [-0.15, -0.1) is 0 Å². The Labute approximate surface area is 383 Å².